The molecule has 0 aliphatic carbocycles. The van der Waals surface area contributed by atoms with Gasteiger partial charge in [0.2, 0.25) is 0 Å². The van der Waals surface area contributed by atoms with Crippen LogP contribution in [0.25, 0.3) is 28.2 Å². The smallest absolute Gasteiger partial charge is 0.175 e. The topological polar surface area (TPSA) is 81.4 Å². The summed E-state index contributed by atoms with van der Waals surface area (Å²) in [6.07, 6.45) is 3.09. The molecule has 0 aliphatic heterocycles. The van der Waals surface area contributed by atoms with Gasteiger partial charge in [0.05, 0.1) is 16.3 Å². The molecule has 0 bridgehead atoms. The number of nitrogens with zero attached hydrogens (tertiary/aromatic N) is 3. The van der Waals surface area contributed by atoms with Crippen molar-refractivity contribution in [3.05, 3.63) is 94.7 Å². The van der Waals surface area contributed by atoms with Crippen LogP contribution in [0.3, 0.4) is 0 Å². The molecule has 4 rings (SSSR count). The van der Waals surface area contributed by atoms with Gasteiger partial charge in [-0.2, -0.15) is 4.91 Å². The average Bonchev–Trinajstić information content (AvgIpc) is 3.28. The van der Waals surface area contributed by atoms with Crippen molar-refractivity contribution >= 4 is 9.84 Å². The van der Waals surface area contributed by atoms with Crippen molar-refractivity contribution in [1.82, 2.24) is 9.55 Å². The molecule has 0 spiro atoms. The van der Waals surface area contributed by atoms with E-state index in [1.54, 1.807) is 25.1 Å². The van der Waals surface area contributed by atoms with E-state index >= 15 is 0 Å². The summed E-state index contributed by atoms with van der Waals surface area (Å²) in [5.74, 6) is 1.06. The predicted molar refractivity (Wildman–Crippen MR) is 141 cm³/mol. The Bertz CT molecular complexity index is 1500. The van der Waals surface area contributed by atoms with E-state index in [0.29, 0.717) is 16.5 Å². The van der Waals surface area contributed by atoms with Crippen LogP contribution < -0.4 is 0 Å². The lowest BCUT2D eigenvalue weighted by Gasteiger charge is -2.16. The Kier molecular flexibility index (Phi) is 6.72. The van der Waals surface area contributed by atoms with Crippen molar-refractivity contribution in [2.45, 2.75) is 44.6 Å². The number of nitroso groups, excluding NO2 is 1. The summed E-state index contributed by atoms with van der Waals surface area (Å²) < 4.78 is 26.0. The molecule has 35 heavy (non-hydrogen) atoms. The number of rotatable bonds is 7. The molecule has 0 N–H and O–H groups in total. The molecular formula is C28H29N3O3S. The Morgan fingerprint density at radius 3 is 2.29 bits per heavy atom. The van der Waals surface area contributed by atoms with Gasteiger partial charge in [-0.15, -0.1) is 0 Å². The maximum atomic E-state index is 12.0. The van der Waals surface area contributed by atoms with Gasteiger partial charge >= 0.3 is 0 Å². The van der Waals surface area contributed by atoms with Crippen molar-refractivity contribution in [1.29, 1.82) is 0 Å². The molecule has 3 aromatic carbocycles. The summed E-state index contributed by atoms with van der Waals surface area (Å²) in [4.78, 5) is 16.4. The van der Waals surface area contributed by atoms with Crippen molar-refractivity contribution in [3.63, 3.8) is 0 Å². The normalized spacial score (nSPS) is 12.6. The van der Waals surface area contributed by atoms with Gasteiger partial charge in [0.25, 0.3) is 0 Å². The quantitative estimate of drug-likeness (QED) is 0.266. The van der Waals surface area contributed by atoms with Gasteiger partial charge in [0.15, 0.2) is 9.84 Å². The van der Waals surface area contributed by atoms with Gasteiger partial charge in [-0.1, -0.05) is 61.5 Å². The van der Waals surface area contributed by atoms with Gasteiger partial charge in [-0.05, 0) is 66.3 Å². The fraction of sp³-hybridized carbons (Fsp3) is 0.250. The van der Waals surface area contributed by atoms with Crippen LogP contribution in [0.4, 0.5) is 0 Å². The van der Waals surface area contributed by atoms with Crippen LogP contribution in [-0.2, 0) is 9.84 Å². The standard InChI is InChI=1S/C28H29N3O3S/c1-18(2)24-11-6-7-12-25(24)28-29-26(20(4)30-32)17-31(28)27-14-13-22(15-19(27)3)21-9-8-10-23(16-21)35(5,33)34/h6-18,20H,1-5H3. The molecule has 0 radical (unpaired) electrons. The van der Waals surface area contributed by atoms with E-state index in [0.717, 1.165) is 33.8 Å². The van der Waals surface area contributed by atoms with Crippen LogP contribution in [-0.4, -0.2) is 24.2 Å². The molecule has 1 aromatic heterocycles. The number of sulfone groups is 1. The van der Waals surface area contributed by atoms with Gasteiger partial charge in [0.1, 0.15) is 11.9 Å². The van der Waals surface area contributed by atoms with Crippen LogP contribution in [0, 0.1) is 11.8 Å². The summed E-state index contributed by atoms with van der Waals surface area (Å²) in [6, 6.07) is 20.6. The third-order valence-corrected chi connectivity index (χ3v) is 7.30. The second kappa shape index (κ2) is 9.58. The summed E-state index contributed by atoms with van der Waals surface area (Å²) in [5, 5.41) is 3.19. The molecule has 0 amide bonds. The Balaban J connectivity index is 1.87. The maximum absolute atomic E-state index is 12.0. The highest BCUT2D eigenvalue weighted by molar-refractivity contribution is 7.90. The fourth-order valence-corrected chi connectivity index (χ4v) is 4.91. The van der Waals surface area contributed by atoms with Gasteiger partial charge < -0.3 is 0 Å². The third-order valence-electron chi connectivity index (χ3n) is 6.19. The first-order chi connectivity index (χ1) is 16.6. The van der Waals surface area contributed by atoms with E-state index in [1.807, 2.05) is 54.1 Å². The highest BCUT2D eigenvalue weighted by Crippen LogP contribution is 2.34. The molecule has 1 heterocycles. The molecule has 4 aromatic rings. The van der Waals surface area contributed by atoms with Crippen LogP contribution in [0.5, 0.6) is 0 Å². The molecule has 180 valence electrons. The van der Waals surface area contributed by atoms with Crippen LogP contribution in [0.2, 0.25) is 0 Å². The lowest BCUT2D eigenvalue weighted by Crippen LogP contribution is -2.02. The molecular weight excluding hydrogens is 458 g/mol. The van der Waals surface area contributed by atoms with E-state index in [9.17, 15) is 13.3 Å². The predicted octanol–water partition coefficient (Wildman–Crippen LogP) is 6.87. The molecule has 7 heteroatoms. The fourth-order valence-electron chi connectivity index (χ4n) is 4.24. The van der Waals surface area contributed by atoms with E-state index < -0.39 is 15.9 Å². The zero-order valence-electron chi connectivity index (χ0n) is 20.6. The number of hydrogen-bond donors (Lipinski definition) is 0. The first-order valence-corrected chi connectivity index (χ1v) is 13.4. The number of imidazole rings is 1. The highest BCUT2D eigenvalue weighted by Gasteiger charge is 2.20. The summed E-state index contributed by atoms with van der Waals surface area (Å²) in [7, 11) is -3.30. The van der Waals surface area contributed by atoms with E-state index in [2.05, 4.69) is 31.2 Å². The average molecular weight is 488 g/mol. The van der Waals surface area contributed by atoms with E-state index in [1.165, 1.54) is 11.8 Å². The van der Waals surface area contributed by atoms with E-state index in [4.69, 9.17) is 4.98 Å². The Hall–Kier alpha value is -3.58. The summed E-state index contributed by atoms with van der Waals surface area (Å²) >= 11 is 0. The number of aromatic nitrogens is 2. The number of hydrogen-bond acceptors (Lipinski definition) is 5. The maximum Gasteiger partial charge on any atom is 0.175 e. The van der Waals surface area contributed by atoms with Crippen LogP contribution in [0.15, 0.2) is 83.0 Å². The Labute approximate surface area is 206 Å². The lowest BCUT2D eigenvalue weighted by atomic mass is 9.96. The largest absolute Gasteiger partial charge is 0.299 e. The summed E-state index contributed by atoms with van der Waals surface area (Å²) in [6.45, 7) is 8.04. The van der Waals surface area contributed by atoms with Gasteiger partial charge in [-0.25, -0.2) is 13.4 Å². The second-order valence-electron chi connectivity index (χ2n) is 9.18. The van der Waals surface area contributed by atoms with E-state index in [-0.39, 0.29) is 0 Å². The van der Waals surface area contributed by atoms with Crippen molar-refractivity contribution in [2.24, 2.45) is 5.18 Å². The van der Waals surface area contributed by atoms with Crippen molar-refractivity contribution in [2.75, 3.05) is 6.26 Å². The minimum Gasteiger partial charge on any atom is -0.299 e. The summed E-state index contributed by atoms with van der Waals surface area (Å²) in [5.41, 5.74) is 6.46. The van der Waals surface area contributed by atoms with Gasteiger partial charge in [0, 0.05) is 18.0 Å². The first kappa shape index (κ1) is 24.5. The monoisotopic (exact) mass is 487 g/mol. The lowest BCUT2D eigenvalue weighted by molar-refractivity contribution is 0.602. The molecule has 6 nitrogen and oxygen atoms in total. The van der Waals surface area contributed by atoms with Crippen molar-refractivity contribution < 1.29 is 8.42 Å². The minimum absolute atomic E-state index is 0.291. The second-order valence-corrected chi connectivity index (χ2v) is 11.2. The van der Waals surface area contributed by atoms with Gasteiger partial charge in [-0.3, -0.25) is 4.57 Å². The molecule has 1 atom stereocenters. The molecule has 0 saturated heterocycles. The SMILES string of the molecule is Cc1cc(-c2cccc(S(C)(=O)=O)c2)ccc1-n1cc(C(C)N=O)nc1-c1ccccc1C(C)C. The highest BCUT2D eigenvalue weighted by atomic mass is 32.2. The number of benzene rings is 3. The number of aryl methyl sites for hydroxylation is 1. The molecule has 0 fully saturated rings. The Morgan fingerprint density at radius 2 is 1.63 bits per heavy atom. The molecule has 0 saturated carbocycles. The van der Waals surface area contributed by atoms with Crippen LogP contribution >= 0.6 is 0 Å². The zero-order valence-corrected chi connectivity index (χ0v) is 21.4. The third kappa shape index (κ3) is 4.95. The molecule has 0 aliphatic rings. The van der Waals surface area contributed by atoms with Crippen molar-refractivity contribution in [3.8, 4) is 28.2 Å². The van der Waals surface area contributed by atoms with Crippen LogP contribution in [0.1, 0.15) is 49.6 Å². The Morgan fingerprint density at radius 1 is 0.914 bits per heavy atom. The minimum atomic E-state index is -3.30. The first-order valence-electron chi connectivity index (χ1n) is 11.5. The zero-order chi connectivity index (χ0) is 25.3. The molecule has 1 unspecified atom stereocenters.